The number of hydrogen-bond donors (Lipinski definition) is 1. The molecule has 2 rings (SSSR count). The summed E-state index contributed by atoms with van der Waals surface area (Å²) in [5.74, 6) is 0. The number of hydrogen-bond acceptors (Lipinski definition) is 4. The van der Waals surface area contributed by atoms with Crippen LogP contribution in [0.5, 0.6) is 0 Å². The van der Waals surface area contributed by atoms with Crippen molar-refractivity contribution in [2.24, 2.45) is 7.05 Å². The second-order valence-electron chi connectivity index (χ2n) is 3.42. The second-order valence-corrected chi connectivity index (χ2v) is 3.42. The fourth-order valence-electron chi connectivity index (χ4n) is 1.39. The maximum atomic E-state index is 4.27. The SMILES string of the molecule is CNCc1cn(Cc2ccn(C)n2)nn1. The van der Waals surface area contributed by atoms with Crippen molar-refractivity contribution in [1.29, 1.82) is 0 Å². The Kier molecular flexibility index (Phi) is 2.77. The molecule has 2 aromatic heterocycles. The Morgan fingerprint density at radius 1 is 1.40 bits per heavy atom. The average Bonchev–Trinajstić information content (AvgIpc) is 2.78. The Hall–Kier alpha value is -1.69. The van der Waals surface area contributed by atoms with Crippen LogP contribution in [-0.2, 0) is 20.1 Å². The first-order valence-corrected chi connectivity index (χ1v) is 4.80. The van der Waals surface area contributed by atoms with Crippen LogP contribution in [0.3, 0.4) is 0 Å². The summed E-state index contributed by atoms with van der Waals surface area (Å²) in [6.07, 6.45) is 3.84. The van der Waals surface area contributed by atoms with Crippen molar-refractivity contribution in [3.8, 4) is 0 Å². The van der Waals surface area contributed by atoms with E-state index in [2.05, 4.69) is 20.7 Å². The van der Waals surface area contributed by atoms with Crippen LogP contribution >= 0.6 is 0 Å². The largest absolute Gasteiger partial charge is 0.314 e. The van der Waals surface area contributed by atoms with Crippen LogP contribution in [-0.4, -0.2) is 31.8 Å². The average molecular weight is 206 g/mol. The lowest BCUT2D eigenvalue weighted by molar-refractivity contribution is 0.624. The van der Waals surface area contributed by atoms with E-state index in [0.717, 1.165) is 17.9 Å². The van der Waals surface area contributed by atoms with Crippen molar-refractivity contribution in [1.82, 2.24) is 30.1 Å². The Morgan fingerprint density at radius 2 is 2.27 bits per heavy atom. The molecule has 0 spiro atoms. The lowest BCUT2D eigenvalue weighted by atomic mass is 10.4. The van der Waals surface area contributed by atoms with E-state index < -0.39 is 0 Å². The van der Waals surface area contributed by atoms with E-state index in [1.165, 1.54) is 0 Å². The minimum atomic E-state index is 0.664. The predicted molar refractivity (Wildman–Crippen MR) is 55.1 cm³/mol. The van der Waals surface area contributed by atoms with Gasteiger partial charge in [0.25, 0.3) is 0 Å². The first-order valence-electron chi connectivity index (χ1n) is 4.80. The van der Waals surface area contributed by atoms with Gasteiger partial charge in [-0.3, -0.25) is 4.68 Å². The molecule has 2 aromatic rings. The monoisotopic (exact) mass is 206 g/mol. The van der Waals surface area contributed by atoms with Gasteiger partial charge in [0.2, 0.25) is 0 Å². The van der Waals surface area contributed by atoms with Gasteiger partial charge in [-0.1, -0.05) is 5.21 Å². The number of rotatable bonds is 4. The Balaban J connectivity index is 2.04. The van der Waals surface area contributed by atoms with E-state index in [-0.39, 0.29) is 0 Å². The molecule has 0 fully saturated rings. The van der Waals surface area contributed by atoms with E-state index in [4.69, 9.17) is 0 Å². The van der Waals surface area contributed by atoms with E-state index >= 15 is 0 Å². The minimum absolute atomic E-state index is 0.664. The molecule has 0 amide bonds. The standard InChI is InChI=1S/C9H14N6/c1-10-5-9-7-15(13-11-9)6-8-3-4-14(2)12-8/h3-4,7,10H,5-6H2,1-2H3. The third-order valence-electron chi connectivity index (χ3n) is 2.04. The smallest absolute Gasteiger partial charge is 0.0964 e. The van der Waals surface area contributed by atoms with Gasteiger partial charge in [0.1, 0.15) is 0 Å². The number of aromatic nitrogens is 5. The van der Waals surface area contributed by atoms with Gasteiger partial charge in [0, 0.05) is 19.8 Å². The van der Waals surface area contributed by atoms with E-state index in [1.54, 1.807) is 9.36 Å². The van der Waals surface area contributed by atoms with Gasteiger partial charge >= 0.3 is 0 Å². The quantitative estimate of drug-likeness (QED) is 0.751. The molecule has 2 heterocycles. The maximum absolute atomic E-state index is 4.27. The molecule has 0 radical (unpaired) electrons. The van der Waals surface area contributed by atoms with Crippen molar-refractivity contribution in [2.45, 2.75) is 13.1 Å². The lowest BCUT2D eigenvalue weighted by Gasteiger charge is -1.95. The Bertz CT molecular complexity index is 429. The van der Waals surface area contributed by atoms with Gasteiger partial charge in [-0.05, 0) is 13.1 Å². The molecular formula is C9H14N6. The maximum Gasteiger partial charge on any atom is 0.0964 e. The Morgan fingerprint density at radius 3 is 2.93 bits per heavy atom. The summed E-state index contributed by atoms with van der Waals surface area (Å²) < 4.78 is 3.57. The molecule has 0 aliphatic heterocycles. The number of nitrogens with one attached hydrogen (secondary N) is 1. The summed E-state index contributed by atoms with van der Waals surface area (Å²) in [5.41, 5.74) is 1.92. The van der Waals surface area contributed by atoms with Crippen molar-refractivity contribution in [3.63, 3.8) is 0 Å². The van der Waals surface area contributed by atoms with Crippen LogP contribution in [0.4, 0.5) is 0 Å². The third kappa shape index (κ3) is 2.41. The highest BCUT2D eigenvalue weighted by Crippen LogP contribution is 1.99. The molecule has 0 atom stereocenters. The van der Waals surface area contributed by atoms with Crippen molar-refractivity contribution in [3.05, 3.63) is 29.8 Å². The van der Waals surface area contributed by atoms with Crippen molar-refractivity contribution in [2.75, 3.05) is 7.05 Å². The van der Waals surface area contributed by atoms with Gasteiger partial charge in [-0.2, -0.15) is 5.10 Å². The van der Waals surface area contributed by atoms with Crippen molar-refractivity contribution >= 4 is 0 Å². The highest BCUT2D eigenvalue weighted by atomic mass is 15.4. The predicted octanol–water partition coefficient (Wildman–Crippen LogP) is -0.221. The molecule has 0 saturated heterocycles. The van der Waals surface area contributed by atoms with E-state index in [1.807, 2.05) is 32.6 Å². The van der Waals surface area contributed by atoms with Gasteiger partial charge in [-0.25, -0.2) is 4.68 Å². The zero-order valence-electron chi connectivity index (χ0n) is 8.88. The molecule has 0 aliphatic carbocycles. The zero-order valence-corrected chi connectivity index (χ0v) is 8.88. The molecule has 0 aliphatic rings. The number of nitrogens with zero attached hydrogens (tertiary/aromatic N) is 5. The number of aryl methyl sites for hydroxylation is 1. The van der Waals surface area contributed by atoms with Crippen LogP contribution in [0.25, 0.3) is 0 Å². The topological polar surface area (TPSA) is 60.6 Å². The fraction of sp³-hybridized carbons (Fsp3) is 0.444. The summed E-state index contributed by atoms with van der Waals surface area (Å²) in [4.78, 5) is 0. The highest BCUT2D eigenvalue weighted by molar-refractivity contribution is 5.00. The zero-order chi connectivity index (χ0) is 10.7. The van der Waals surface area contributed by atoms with Crippen molar-refractivity contribution < 1.29 is 0 Å². The summed E-state index contributed by atoms with van der Waals surface area (Å²) in [6, 6.07) is 1.97. The van der Waals surface area contributed by atoms with Gasteiger partial charge in [-0.15, -0.1) is 5.10 Å². The van der Waals surface area contributed by atoms with E-state index in [9.17, 15) is 0 Å². The van der Waals surface area contributed by atoms with Crippen LogP contribution in [0, 0.1) is 0 Å². The summed E-state index contributed by atoms with van der Waals surface area (Å²) in [7, 11) is 3.79. The van der Waals surface area contributed by atoms with Gasteiger partial charge in [0.15, 0.2) is 0 Å². The van der Waals surface area contributed by atoms with Gasteiger partial charge in [0.05, 0.1) is 24.1 Å². The first kappa shape index (κ1) is 9.85. The molecular weight excluding hydrogens is 192 g/mol. The molecule has 1 N–H and O–H groups in total. The molecule has 0 saturated carbocycles. The molecule has 15 heavy (non-hydrogen) atoms. The summed E-state index contributed by atoms with van der Waals surface area (Å²) in [5, 5.41) is 15.3. The molecule has 80 valence electrons. The van der Waals surface area contributed by atoms with E-state index in [0.29, 0.717) is 6.54 Å². The molecule has 6 nitrogen and oxygen atoms in total. The van der Waals surface area contributed by atoms with Crippen LogP contribution in [0.1, 0.15) is 11.4 Å². The third-order valence-corrected chi connectivity index (χ3v) is 2.04. The normalized spacial score (nSPS) is 10.8. The van der Waals surface area contributed by atoms with Crippen LogP contribution in [0.2, 0.25) is 0 Å². The summed E-state index contributed by atoms with van der Waals surface area (Å²) >= 11 is 0. The highest BCUT2D eigenvalue weighted by Gasteiger charge is 2.02. The minimum Gasteiger partial charge on any atom is -0.314 e. The van der Waals surface area contributed by atoms with Crippen LogP contribution in [0.15, 0.2) is 18.5 Å². The summed E-state index contributed by atoms with van der Waals surface area (Å²) in [6.45, 7) is 1.40. The first-order chi connectivity index (χ1) is 7.28. The molecule has 0 aromatic carbocycles. The molecule has 0 unspecified atom stereocenters. The molecule has 0 bridgehead atoms. The Labute approximate surface area is 87.9 Å². The lowest BCUT2D eigenvalue weighted by Crippen LogP contribution is -2.05. The molecule has 6 heteroatoms. The second kappa shape index (κ2) is 4.22. The van der Waals surface area contributed by atoms with Gasteiger partial charge < -0.3 is 5.32 Å². The fourth-order valence-corrected chi connectivity index (χ4v) is 1.39. The van der Waals surface area contributed by atoms with Crippen LogP contribution < -0.4 is 5.32 Å².